The van der Waals surface area contributed by atoms with Crippen LogP contribution in [-0.4, -0.2) is 52.2 Å². The minimum Gasteiger partial charge on any atom is -0.348 e. The summed E-state index contributed by atoms with van der Waals surface area (Å²) in [6.07, 6.45) is 1.80. The first kappa shape index (κ1) is 16.4. The summed E-state index contributed by atoms with van der Waals surface area (Å²) in [6, 6.07) is 1.93. The predicted molar refractivity (Wildman–Crippen MR) is 82.5 cm³/mol. The van der Waals surface area contributed by atoms with E-state index in [-0.39, 0.29) is 30.7 Å². The van der Waals surface area contributed by atoms with Crippen molar-refractivity contribution >= 4 is 5.91 Å². The Morgan fingerprint density at radius 3 is 2.57 bits per heavy atom. The Morgan fingerprint density at radius 1 is 1.39 bits per heavy atom. The molecule has 1 saturated heterocycles. The normalized spacial score (nSPS) is 22.8. The zero-order chi connectivity index (χ0) is 16.6. The Balaban J connectivity index is 1.42. The average Bonchev–Trinajstić information content (AvgIpc) is 2.78. The SMILES string of the molecule is Cc1cc(C(=O)NC2CCN(CC3CC(F)(F)C3)CC2)n(C)n1. The van der Waals surface area contributed by atoms with Crippen LogP contribution in [0.5, 0.6) is 0 Å². The molecule has 23 heavy (non-hydrogen) atoms. The summed E-state index contributed by atoms with van der Waals surface area (Å²) in [7, 11) is 1.76. The lowest BCUT2D eigenvalue weighted by Gasteiger charge is -2.40. The number of rotatable bonds is 4. The Bertz CT molecular complexity index is 571. The molecule has 5 nitrogen and oxygen atoms in total. The molecular weight excluding hydrogens is 302 g/mol. The summed E-state index contributed by atoms with van der Waals surface area (Å²) in [5.41, 5.74) is 1.39. The van der Waals surface area contributed by atoms with Crippen molar-refractivity contribution < 1.29 is 13.6 Å². The Labute approximate surface area is 135 Å². The second-order valence-corrected chi connectivity index (χ2v) is 6.97. The van der Waals surface area contributed by atoms with Gasteiger partial charge < -0.3 is 10.2 Å². The van der Waals surface area contributed by atoms with E-state index in [2.05, 4.69) is 15.3 Å². The fraction of sp³-hybridized carbons (Fsp3) is 0.750. The predicted octanol–water partition coefficient (Wildman–Crippen LogP) is 1.97. The largest absolute Gasteiger partial charge is 0.348 e. The molecule has 2 fully saturated rings. The molecule has 1 N–H and O–H groups in total. The first-order chi connectivity index (χ1) is 10.8. The molecule has 2 heterocycles. The van der Waals surface area contributed by atoms with Gasteiger partial charge in [0.05, 0.1) is 5.69 Å². The number of carbonyl (C=O) groups excluding carboxylic acids is 1. The minimum atomic E-state index is -2.43. The van der Waals surface area contributed by atoms with Crippen molar-refractivity contribution in [3.63, 3.8) is 0 Å². The van der Waals surface area contributed by atoms with E-state index in [1.165, 1.54) is 0 Å². The van der Waals surface area contributed by atoms with Gasteiger partial charge in [0, 0.05) is 45.6 Å². The molecule has 0 radical (unpaired) electrons. The van der Waals surface area contributed by atoms with Crippen LogP contribution >= 0.6 is 0 Å². The molecule has 0 unspecified atom stereocenters. The number of piperidine rings is 1. The van der Waals surface area contributed by atoms with Crippen LogP contribution in [-0.2, 0) is 7.05 Å². The lowest BCUT2D eigenvalue weighted by Crippen LogP contribution is -2.48. The van der Waals surface area contributed by atoms with Crippen molar-refractivity contribution in [2.45, 2.75) is 44.6 Å². The van der Waals surface area contributed by atoms with Crippen LogP contribution in [0, 0.1) is 12.8 Å². The molecule has 3 rings (SSSR count). The third-order valence-corrected chi connectivity index (χ3v) is 4.85. The highest BCUT2D eigenvalue weighted by atomic mass is 19.3. The Morgan fingerprint density at radius 2 is 2.04 bits per heavy atom. The molecule has 2 aliphatic rings. The molecular formula is C16H24F2N4O. The molecule has 1 aromatic rings. The van der Waals surface area contributed by atoms with Gasteiger partial charge in [0.2, 0.25) is 5.92 Å². The van der Waals surface area contributed by atoms with Crippen LogP contribution in [0.2, 0.25) is 0 Å². The number of likely N-dealkylation sites (tertiary alicyclic amines) is 1. The zero-order valence-corrected chi connectivity index (χ0v) is 13.7. The molecule has 1 saturated carbocycles. The van der Waals surface area contributed by atoms with Crippen LogP contribution in [0.4, 0.5) is 8.78 Å². The fourth-order valence-electron chi connectivity index (χ4n) is 3.62. The molecule has 0 aromatic carbocycles. The van der Waals surface area contributed by atoms with E-state index >= 15 is 0 Å². The molecule has 1 aromatic heterocycles. The number of nitrogens with zero attached hydrogens (tertiary/aromatic N) is 3. The first-order valence-corrected chi connectivity index (χ1v) is 8.24. The highest BCUT2D eigenvalue weighted by molar-refractivity contribution is 5.92. The van der Waals surface area contributed by atoms with E-state index in [1.54, 1.807) is 17.8 Å². The molecule has 7 heteroatoms. The molecule has 0 spiro atoms. The van der Waals surface area contributed by atoms with Crippen LogP contribution in [0.15, 0.2) is 6.07 Å². The van der Waals surface area contributed by atoms with Gasteiger partial charge in [-0.2, -0.15) is 5.10 Å². The fourth-order valence-corrected chi connectivity index (χ4v) is 3.62. The summed E-state index contributed by atoms with van der Waals surface area (Å²) >= 11 is 0. The third-order valence-electron chi connectivity index (χ3n) is 4.85. The first-order valence-electron chi connectivity index (χ1n) is 8.24. The third kappa shape index (κ3) is 3.88. The van der Waals surface area contributed by atoms with Crippen molar-refractivity contribution in [1.29, 1.82) is 0 Å². The van der Waals surface area contributed by atoms with Crippen LogP contribution in [0.1, 0.15) is 41.9 Å². The number of aryl methyl sites for hydroxylation is 2. The summed E-state index contributed by atoms with van der Waals surface area (Å²) in [4.78, 5) is 14.5. The quantitative estimate of drug-likeness (QED) is 0.920. The van der Waals surface area contributed by atoms with Crippen LogP contribution in [0.3, 0.4) is 0 Å². The number of hydrogen-bond donors (Lipinski definition) is 1. The number of carbonyl (C=O) groups is 1. The van der Waals surface area contributed by atoms with Crippen LogP contribution < -0.4 is 5.32 Å². The van der Waals surface area contributed by atoms with E-state index in [4.69, 9.17) is 0 Å². The molecule has 1 aliphatic carbocycles. The molecule has 1 amide bonds. The van der Waals surface area contributed by atoms with Gasteiger partial charge in [-0.1, -0.05) is 0 Å². The smallest absolute Gasteiger partial charge is 0.269 e. The van der Waals surface area contributed by atoms with Gasteiger partial charge in [0.15, 0.2) is 0 Å². The second-order valence-electron chi connectivity index (χ2n) is 6.97. The van der Waals surface area contributed by atoms with E-state index in [9.17, 15) is 13.6 Å². The van der Waals surface area contributed by atoms with E-state index in [0.29, 0.717) is 5.69 Å². The van der Waals surface area contributed by atoms with Gasteiger partial charge in [0.1, 0.15) is 5.69 Å². The Hall–Kier alpha value is -1.50. The standard InChI is InChI=1S/C16H24F2N4O/c1-11-7-14(21(2)20-11)15(23)19-13-3-5-22(6-4-13)10-12-8-16(17,18)9-12/h7,12-13H,3-6,8-10H2,1-2H3,(H,19,23). The number of hydrogen-bond acceptors (Lipinski definition) is 3. The molecule has 0 bridgehead atoms. The van der Waals surface area contributed by atoms with Crippen molar-refractivity contribution in [1.82, 2.24) is 20.0 Å². The van der Waals surface area contributed by atoms with Crippen molar-refractivity contribution in [3.8, 4) is 0 Å². The maximum atomic E-state index is 12.9. The highest BCUT2D eigenvalue weighted by Gasteiger charge is 2.45. The molecule has 0 atom stereocenters. The molecule has 128 valence electrons. The maximum Gasteiger partial charge on any atom is 0.269 e. The van der Waals surface area contributed by atoms with Crippen molar-refractivity contribution in [2.24, 2.45) is 13.0 Å². The van der Waals surface area contributed by atoms with E-state index in [1.807, 2.05) is 6.92 Å². The van der Waals surface area contributed by atoms with Gasteiger partial charge in [-0.05, 0) is 31.7 Å². The number of halogens is 2. The Kier molecular flexibility index (Phi) is 4.40. The molecule has 1 aliphatic heterocycles. The highest BCUT2D eigenvalue weighted by Crippen LogP contribution is 2.42. The zero-order valence-electron chi connectivity index (χ0n) is 13.7. The monoisotopic (exact) mass is 326 g/mol. The summed E-state index contributed by atoms with van der Waals surface area (Å²) in [5, 5.41) is 7.24. The number of amides is 1. The van der Waals surface area contributed by atoms with Gasteiger partial charge in [-0.15, -0.1) is 0 Å². The van der Waals surface area contributed by atoms with Gasteiger partial charge in [-0.3, -0.25) is 9.48 Å². The van der Waals surface area contributed by atoms with Gasteiger partial charge in [-0.25, -0.2) is 8.78 Å². The van der Waals surface area contributed by atoms with E-state index in [0.717, 1.165) is 38.2 Å². The summed E-state index contributed by atoms with van der Waals surface area (Å²) < 4.78 is 27.3. The van der Waals surface area contributed by atoms with Gasteiger partial charge >= 0.3 is 0 Å². The van der Waals surface area contributed by atoms with Crippen LogP contribution in [0.25, 0.3) is 0 Å². The number of nitrogens with one attached hydrogen (secondary N) is 1. The summed E-state index contributed by atoms with van der Waals surface area (Å²) in [5.74, 6) is -2.39. The lowest BCUT2D eigenvalue weighted by atomic mass is 9.81. The van der Waals surface area contributed by atoms with Gasteiger partial charge in [0.25, 0.3) is 5.91 Å². The van der Waals surface area contributed by atoms with Crippen molar-refractivity contribution in [2.75, 3.05) is 19.6 Å². The number of alkyl halides is 2. The maximum absolute atomic E-state index is 12.9. The second kappa shape index (κ2) is 6.19. The summed E-state index contributed by atoms with van der Waals surface area (Å²) in [6.45, 7) is 4.34. The minimum absolute atomic E-state index is 0.0313. The van der Waals surface area contributed by atoms with E-state index < -0.39 is 5.92 Å². The lowest BCUT2D eigenvalue weighted by molar-refractivity contribution is -0.117. The number of aromatic nitrogens is 2. The topological polar surface area (TPSA) is 50.2 Å². The average molecular weight is 326 g/mol. The van der Waals surface area contributed by atoms with Crippen molar-refractivity contribution in [3.05, 3.63) is 17.5 Å².